The quantitative estimate of drug-likeness (QED) is 0.800. The van der Waals surface area contributed by atoms with Crippen LogP contribution >= 0.6 is 0 Å². The summed E-state index contributed by atoms with van der Waals surface area (Å²) >= 11 is 0. The Labute approximate surface area is 141 Å². The summed E-state index contributed by atoms with van der Waals surface area (Å²) < 4.78 is 5.26. The summed E-state index contributed by atoms with van der Waals surface area (Å²) in [4.78, 5) is 38.1. The van der Waals surface area contributed by atoms with Gasteiger partial charge in [-0.2, -0.15) is 0 Å². The van der Waals surface area contributed by atoms with Gasteiger partial charge in [-0.25, -0.2) is 9.59 Å². The summed E-state index contributed by atoms with van der Waals surface area (Å²) in [7, 11) is 0. The molecule has 0 bridgehead atoms. The van der Waals surface area contributed by atoms with Gasteiger partial charge in [-0.1, -0.05) is 6.92 Å². The number of nitrogens with zero attached hydrogens (tertiary/aromatic N) is 1. The molecule has 24 heavy (non-hydrogen) atoms. The van der Waals surface area contributed by atoms with Gasteiger partial charge in [-0.05, 0) is 57.8 Å². The second-order valence-corrected chi connectivity index (χ2v) is 8.61. The van der Waals surface area contributed by atoms with Crippen LogP contribution in [0.1, 0.15) is 53.4 Å². The van der Waals surface area contributed by atoms with Crippen LogP contribution in [-0.4, -0.2) is 51.7 Å². The minimum absolute atomic E-state index is 0.0118. The van der Waals surface area contributed by atoms with Crippen molar-refractivity contribution in [2.24, 2.45) is 11.3 Å². The van der Waals surface area contributed by atoms with Gasteiger partial charge in [-0.3, -0.25) is 4.79 Å². The number of rotatable bonds is 2. The van der Waals surface area contributed by atoms with Crippen LogP contribution in [0.4, 0.5) is 4.79 Å². The number of hydrogen-bond acceptors (Lipinski definition) is 4. The molecule has 2 N–H and O–H groups in total. The molecule has 0 spiro atoms. The summed E-state index contributed by atoms with van der Waals surface area (Å²) in [6.07, 6.45) is 2.08. The van der Waals surface area contributed by atoms with Crippen molar-refractivity contribution in [3.63, 3.8) is 0 Å². The Hall–Kier alpha value is -1.79. The molecule has 7 heteroatoms. The fraction of sp³-hybridized carbons (Fsp3) is 0.824. The Balaban J connectivity index is 1.81. The Bertz CT molecular complexity index is 584. The van der Waals surface area contributed by atoms with E-state index in [1.54, 1.807) is 20.8 Å². The van der Waals surface area contributed by atoms with Crippen molar-refractivity contribution in [3.05, 3.63) is 0 Å². The molecule has 2 heterocycles. The fourth-order valence-electron chi connectivity index (χ4n) is 4.37. The minimum Gasteiger partial charge on any atom is -0.480 e. The van der Waals surface area contributed by atoms with E-state index in [1.165, 1.54) is 4.90 Å². The van der Waals surface area contributed by atoms with Crippen LogP contribution in [-0.2, 0) is 14.3 Å². The number of nitrogens with one attached hydrogen (secondary N) is 1. The monoisotopic (exact) mass is 338 g/mol. The number of ether oxygens (including phenoxy) is 1. The van der Waals surface area contributed by atoms with E-state index >= 15 is 0 Å². The van der Waals surface area contributed by atoms with Crippen molar-refractivity contribution in [3.8, 4) is 0 Å². The first-order valence-electron chi connectivity index (χ1n) is 8.56. The summed E-state index contributed by atoms with van der Waals surface area (Å²) in [5.74, 6) is -0.924. The minimum atomic E-state index is -0.967. The van der Waals surface area contributed by atoms with E-state index in [1.807, 2.05) is 0 Å². The summed E-state index contributed by atoms with van der Waals surface area (Å²) in [5, 5.41) is 12.1. The van der Waals surface area contributed by atoms with Crippen molar-refractivity contribution in [1.82, 2.24) is 10.2 Å². The molecule has 1 aliphatic carbocycles. The van der Waals surface area contributed by atoms with Crippen molar-refractivity contribution < 1.29 is 24.2 Å². The van der Waals surface area contributed by atoms with E-state index < -0.39 is 29.7 Å². The van der Waals surface area contributed by atoms with Crippen molar-refractivity contribution in [2.75, 3.05) is 0 Å². The van der Waals surface area contributed by atoms with Gasteiger partial charge in [0.1, 0.15) is 17.7 Å². The molecule has 2 saturated heterocycles. The average Bonchev–Trinajstić information content (AvgIpc) is 2.92. The zero-order valence-electron chi connectivity index (χ0n) is 14.7. The van der Waals surface area contributed by atoms with Crippen LogP contribution in [0.25, 0.3) is 0 Å². The van der Waals surface area contributed by atoms with E-state index in [2.05, 4.69) is 12.2 Å². The number of carbonyl (C=O) groups is 3. The highest BCUT2D eigenvalue weighted by Gasteiger charge is 2.63. The van der Waals surface area contributed by atoms with E-state index in [-0.39, 0.29) is 17.4 Å². The molecule has 1 saturated carbocycles. The van der Waals surface area contributed by atoms with E-state index in [0.717, 1.165) is 12.8 Å². The molecule has 7 nitrogen and oxygen atoms in total. The van der Waals surface area contributed by atoms with Crippen molar-refractivity contribution in [2.45, 2.75) is 77.1 Å². The van der Waals surface area contributed by atoms with Crippen LogP contribution in [0, 0.1) is 11.3 Å². The number of hydrogen-bond donors (Lipinski definition) is 2. The molecule has 0 aromatic carbocycles. The van der Waals surface area contributed by atoms with Gasteiger partial charge in [-0.15, -0.1) is 0 Å². The highest BCUT2D eigenvalue weighted by Crippen LogP contribution is 2.61. The molecule has 0 aromatic rings. The van der Waals surface area contributed by atoms with Crippen LogP contribution in [0.5, 0.6) is 0 Å². The van der Waals surface area contributed by atoms with Gasteiger partial charge in [0.2, 0.25) is 5.91 Å². The molecular formula is C17H26N2O5. The highest BCUT2D eigenvalue weighted by atomic mass is 16.6. The lowest BCUT2D eigenvalue weighted by molar-refractivity contribution is -0.150. The first kappa shape index (κ1) is 17.0. The fourth-order valence-corrected chi connectivity index (χ4v) is 4.37. The van der Waals surface area contributed by atoms with Gasteiger partial charge < -0.3 is 20.1 Å². The summed E-state index contributed by atoms with van der Waals surface area (Å²) in [6, 6.07) is -1.53. The third kappa shape index (κ3) is 2.96. The Morgan fingerprint density at radius 2 is 1.96 bits per heavy atom. The maximum absolute atomic E-state index is 12.9. The number of carbonyl (C=O) groups excluding carboxylic acids is 2. The molecule has 5 atom stereocenters. The number of carboxylic acid groups (broad SMARTS) is 1. The Morgan fingerprint density at radius 3 is 2.54 bits per heavy atom. The number of alkyl carbamates (subject to hydrolysis) is 1. The third-order valence-corrected chi connectivity index (χ3v) is 5.51. The molecule has 2 amide bonds. The molecule has 3 rings (SSSR count). The van der Waals surface area contributed by atoms with Gasteiger partial charge in [0.05, 0.1) is 0 Å². The summed E-state index contributed by atoms with van der Waals surface area (Å²) in [5.41, 5.74) is -0.661. The molecule has 0 unspecified atom stereocenters. The standard InChI is InChI=1S/C17H26N2O5/c1-16(2,3)24-15(23)18-10-8-17(4)7-9(17)11-5-6-12(14(21)22)19(11)13(10)20/h9-12H,5-8H2,1-4H3,(H,18,23)(H,21,22)/t9-,10+,11-,12+,17+/m1/s1. The topological polar surface area (TPSA) is 95.9 Å². The second kappa shape index (κ2) is 5.36. The predicted octanol–water partition coefficient (Wildman–Crippen LogP) is 1.75. The van der Waals surface area contributed by atoms with E-state index in [4.69, 9.17) is 4.74 Å². The van der Waals surface area contributed by atoms with Crippen molar-refractivity contribution >= 4 is 18.0 Å². The highest BCUT2D eigenvalue weighted by molar-refractivity contribution is 5.90. The third-order valence-electron chi connectivity index (χ3n) is 5.51. The second-order valence-electron chi connectivity index (χ2n) is 8.61. The molecule has 3 fully saturated rings. The predicted molar refractivity (Wildman–Crippen MR) is 85.3 cm³/mol. The first-order valence-corrected chi connectivity index (χ1v) is 8.56. The normalized spacial score (nSPS) is 38.0. The van der Waals surface area contributed by atoms with Crippen LogP contribution in [0.15, 0.2) is 0 Å². The number of aliphatic carboxylic acids is 1. The molecule has 0 aromatic heterocycles. The summed E-state index contributed by atoms with van der Waals surface area (Å²) in [6.45, 7) is 7.40. The van der Waals surface area contributed by atoms with E-state index in [0.29, 0.717) is 18.8 Å². The van der Waals surface area contributed by atoms with Crippen LogP contribution in [0.3, 0.4) is 0 Å². The Morgan fingerprint density at radius 1 is 1.29 bits per heavy atom. The zero-order chi connectivity index (χ0) is 17.9. The van der Waals surface area contributed by atoms with Crippen molar-refractivity contribution in [1.29, 1.82) is 0 Å². The lowest BCUT2D eigenvalue weighted by Crippen LogP contribution is -2.54. The molecule has 0 radical (unpaired) electrons. The maximum atomic E-state index is 12.9. The number of amides is 2. The smallest absolute Gasteiger partial charge is 0.408 e. The van der Waals surface area contributed by atoms with E-state index in [9.17, 15) is 19.5 Å². The first-order chi connectivity index (χ1) is 11.0. The van der Waals surface area contributed by atoms with Gasteiger partial charge in [0, 0.05) is 6.04 Å². The van der Waals surface area contributed by atoms with Crippen LogP contribution < -0.4 is 5.32 Å². The van der Waals surface area contributed by atoms with Gasteiger partial charge in [0.15, 0.2) is 0 Å². The van der Waals surface area contributed by atoms with Crippen LogP contribution in [0.2, 0.25) is 0 Å². The SMILES string of the molecule is CC(C)(C)OC(=O)N[C@H]1C[C@]2(C)C[C@@H]2[C@H]2CC[C@@H](C(=O)O)N2C1=O. The molecule has 2 aliphatic heterocycles. The van der Waals surface area contributed by atoms with Gasteiger partial charge >= 0.3 is 12.1 Å². The lowest BCUT2D eigenvalue weighted by Gasteiger charge is -2.30. The van der Waals surface area contributed by atoms with Gasteiger partial charge in [0.25, 0.3) is 0 Å². The largest absolute Gasteiger partial charge is 0.480 e. The zero-order valence-corrected chi connectivity index (χ0v) is 14.7. The maximum Gasteiger partial charge on any atom is 0.408 e. The molecule has 3 aliphatic rings. The number of carboxylic acids is 1. The molecular weight excluding hydrogens is 312 g/mol. The average molecular weight is 338 g/mol. The lowest BCUT2D eigenvalue weighted by atomic mass is 9.95. The molecule has 134 valence electrons. The number of fused-ring (bicyclic) bond motifs is 3. The Kier molecular flexibility index (Phi) is 3.81.